The first-order valence-electron chi connectivity index (χ1n) is 9.99. The number of nitrogens with one attached hydrogen (secondary N) is 2. The summed E-state index contributed by atoms with van der Waals surface area (Å²) < 4.78 is 42.5. The van der Waals surface area contributed by atoms with Crippen LogP contribution in [-0.2, 0) is 21.2 Å². The number of benzene rings is 3. The number of rotatable bonds is 7. The number of anilines is 1. The fourth-order valence-electron chi connectivity index (χ4n) is 3.39. The number of para-hydroxylation sites is 1. The van der Waals surface area contributed by atoms with Crippen molar-refractivity contribution in [2.24, 2.45) is 0 Å². The predicted octanol–water partition coefficient (Wildman–Crippen LogP) is 4.56. The zero-order valence-electron chi connectivity index (χ0n) is 17.2. The second kappa shape index (κ2) is 9.66. The number of fused-ring (bicyclic) bond motifs is 1. The van der Waals surface area contributed by atoms with Gasteiger partial charge in [0.2, 0.25) is 15.9 Å². The van der Waals surface area contributed by atoms with Crippen molar-refractivity contribution >= 4 is 44.1 Å². The van der Waals surface area contributed by atoms with Crippen LogP contribution in [-0.4, -0.2) is 25.4 Å². The Hall–Kier alpha value is -3.33. The van der Waals surface area contributed by atoms with Gasteiger partial charge in [0, 0.05) is 11.6 Å². The molecule has 0 aliphatic rings. The molecule has 0 aliphatic carbocycles. The third-order valence-corrected chi connectivity index (χ3v) is 6.79. The van der Waals surface area contributed by atoms with Crippen LogP contribution < -0.4 is 10.0 Å². The van der Waals surface area contributed by atoms with E-state index < -0.39 is 27.8 Å². The van der Waals surface area contributed by atoms with Crippen LogP contribution in [0.1, 0.15) is 5.56 Å². The number of amides is 1. The monoisotopic (exact) mass is 483 g/mol. The van der Waals surface area contributed by atoms with Crippen molar-refractivity contribution in [3.63, 3.8) is 0 Å². The molecule has 0 radical (unpaired) electrons. The van der Waals surface area contributed by atoms with E-state index >= 15 is 0 Å². The van der Waals surface area contributed by atoms with E-state index in [9.17, 15) is 17.6 Å². The van der Waals surface area contributed by atoms with Crippen LogP contribution in [0.25, 0.3) is 10.9 Å². The van der Waals surface area contributed by atoms with Crippen LogP contribution in [0.5, 0.6) is 0 Å². The van der Waals surface area contributed by atoms with Gasteiger partial charge in [-0.1, -0.05) is 60.1 Å². The van der Waals surface area contributed by atoms with E-state index in [0.29, 0.717) is 10.9 Å². The second-order valence-corrected chi connectivity index (χ2v) is 9.40. The Balaban J connectivity index is 1.67. The Kier molecular flexibility index (Phi) is 6.69. The molecule has 2 N–H and O–H groups in total. The molecule has 168 valence electrons. The Morgan fingerprint density at radius 2 is 1.76 bits per heavy atom. The van der Waals surface area contributed by atoms with Gasteiger partial charge in [0.15, 0.2) is 0 Å². The normalized spacial score (nSPS) is 12.4. The minimum Gasteiger partial charge on any atom is -0.323 e. The van der Waals surface area contributed by atoms with Gasteiger partial charge in [0.1, 0.15) is 16.8 Å². The van der Waals surface area contributed by atoms with E-state index in [2.05, 4.69) is 15.0 Å². The number of pyridine rings is 1. The van der Waals surface area contributed by atoms with Crippen molar-refractivity contribution in [1.82, 2.24) is 9.71 Å². The summed E-state index contributed by atoms with van der Waals surface area (Å²) in [5, 5.41) is 3.25. The van der Waals surface area contributed by atoms with Gasteiger partial charge in [0.25, 0.3) is 0 Å². The van der Waals surface area contributed by atoms with Gasteiger partial charge >= 0.3 is 0 Å². The van der Waals surface area contributed by atoms with Gasteiger partial charge in [-0.05, 0) is 42.3 Å². The van der Waals surface area contributed by atoms with Crippen molar-refractivity contribution in [2.75, 3.05) is 5.32 Å². The lowest BCUT2D eigenvalue weighted by atomic mass is 10.1. The largest absolute Gasteiger partial charge is 0.323 e. The molecule has 1 unspecified atom stereocenters. The maximum atomic E-state index is 13.4. The predicted molar refractivity (Wildman–Crippen MR) is 126 cm³/mol. The average molecular weight is 484 g/mol. The fraction of sp³-hybridized carbons (Fsp3) is 0.0833. The summed E-state index contributed by atoms with van der Waals surface area (Å²) in [5.74, 6) is -1.19. The number of nitrogens with zero attached hydrogens (tertiary/aromatic N) is 1. The summed E-state index contributed by atoms with van der Waals surface area (Å²) in [4.78, 5) is 17.3. The van der Waals surface area contributed by atoms with Crippen molar-refractivity contribution in [3.05, 3.63) is 101 Å². The zero-order chi connectivity index (χ0) is 23.4. The zero-order valence-corrected chi connectivity index (χ0v) is 18.8. The first-order chi connectivity index (χ1) is 15.8. The topological polar surface area (TPSA) is 88.2 Å². The quantitative estimate of drug-likeness (QED) is 0.403. The molecule has 0 saturated heterocycles. The maximum Gasteiger partial charge on any atom is 0.243 e. The van der Waals surface area contributed by atoms with Gasteiger partial charge in [-0.3, -0.25) is 9.78 Å². The fourth-order valence-corrected chi connectivity index (χ4v) is 4.98. The molecule has 4 rings (SSSR count). The Morgan fingerprint density at radius 3 is 2.52 bits per heavy atom. The van der Waals surface area contributed by atoms with E-state index in [-0.39, 0.29) is 22.0 Å². The van der Waals surface area contributed by atoms with Gasteiger partial charge in [-0.15, -0.1) is 0 Å². The molecular formula is C24H19ClFN3O3S. The lowest BCUT2D eigenvalue weighted by Crippen LogP contribution is -2.45. The van der Waals surface area contributed by atoms with Crippen molar-refractivity contribution in [3.8, 4) is 0 Å². The summed E-state index contributed by atoms with van der Waals surface area (Å²) in [6.07, 6.45) is 1.59. The van der Waals surface area contributed by atoms with E-state index in [4.69, 9.17) is 11.6 Å². The van der Waals surface area contributed by atoms with E-state index in [1.54, 1.807) is 48.5 Å². The number of sulfonamides is 1. The number of carbonyl (C=O) groups excluding carboxylic acids is 1. The molecule has 1 heterocycles. The maximum absolute atomic E-state index is 13.4. The summed E-state index contributed by atoms with van der Waals surface area (Å²) in [7, 11) is -4.13. The van der Waals surface area contributed by atoms with E-state index in [1.807, 2.05) is 6.07 Å². The third-order valence-electron chi connectivity index (χ3n) is 4.97. The molecular weight excluding hydrogens is 465 g/mol. The van der Waals surface area contributed by atoms with Crippen LogP contribution in [0.4, 0.5) is 10.1 Å². The number of hydrogen-bond donors (Lipinski definition) is 2. The van der Waals surface area contributed by atoms with Crippen LogP contribution in [0.15, 0.2) is 90.0 Å². The molecule has 1 atom stereocenters. The van der Waals surface area contributed by atoms with Crippen molar-refractivity contribution in [1.29, 1.82) is 0 Å². The minimum absolute atomic E-state index is 0.00271. The lowest BCUT2D eigenvalue weighted by molar-refractivity contribution is -0.117. The van der Waals surface area contributed by atoms with Crippen LogP contribution in [0.3, 0.4) is 0 Å². The van der Waals surface area contributed by atoms with Gasteiger partial charge in [0.05, 0.1) is 16.2 Å². The smallest absolute Gasteiger partial charge is 0.243 e. The minimum atomic E-state index is -4.13. The molecule has 9 heteroatoms. The van der Waals surface area contributed by atoms with Crippen molar-refractivity contribution < 1.29 is 17.6 Å². The summed E-state index contributed by atoms with van der Waals surface area (Å²) in [5.41, 5.74) is 1.22. The van der Waals surface area contributed by atoms with Crippen LogP contribution >= 0.6 is 11.6 Å². The van der Waals surface area contributed by atoms with Crippen LogP contribution in [0.2, 0.25) is 5.02 Å². The average Bonchev–Trinajstić information content (AvgIpc) is 2.80. The molecule has 0 aliphatic heterocycles. The molecule has 0 fully saturated rings. The number of halogens is 2. The first-order valence-corrected chi connectivity index (χ1v) is 11.9. The third kappa shape index (κ3) is 5.36. The molecule has 0 bridgehead atoms. The van der Waals surface area contributed by atoms with Gasteiger partial charge in [-0.2, -0.15) is 4.72 Å². The lowest BCUT2D eigenvalue weighted by Gasteiger charge is -2.19. The van der Waals surface area contributed by atoms with Gasteiger partial charge < -0.3 is 5.32 Å². The molecule has 33 heavy (non-hydrogen) atoms. The van der Waals surface area contributed by atoms with E-state index in [0.717, 1.165) is 17.7 Å². The second-order valence-electron chi connectivity index (χ2n) is 7.31. The highest BCUT2D eigenvalue weighted by molar-refractivity contribution is 7.89. The number of carbonyl (C=O) groups is 1. The summed E-state index contributed by atoms with van der Waals surface area (Å²) >= 11 is 6.03. The first kappa shape index (κ1) is 22.8. The number of aromatic nitrogens is 1. The Bertz CT molecular complexity index is 1410. The molecule has 1 aromatic heterocycles. The highest BCUT2D eigenvalue weighted by Gasteiger charge is 2.28. The SMILES string of the molecule is O=C(Nc1ccc(F)cc1Cl)C(Cc1ccccc1)NS(=O)(=O)c1cccc2cccnc12. The molecule has 0 spiro atoms. The summed E-state index contributed by atoms with van der Waals surface area (Å²) in [6.45, 7) is 0. The molecule has 0 saturated carbocycles. The highest BCUT2D eigenvalue weighted by Crippen LogP contribution is 2.24. The Labute approximate surface area is 195 Å². The highest BCUT2D eigenvalue weighted by atomic mass is 35.5. The van der Waals surface area contributed by atoms with Crippen molar-refractivity contribution in [2.45, 2.75) is 17.4 Å². The molecule has 4 aromatic rings. The van der Waals surface area contributed by atoms with Crippen LogP contribution in [0, 0.1) is 5.82 Å². The Morgan fingerprint density at radius 1 is 1.00 bits per heavy atom. The molecule has 6 nitrogen and oxygen atoms in total. The molecule has 1 amide bonds. The summed E-state index contributed by atoms with van der Waals surface area (Å²) in [6, 6.07) is 19.6. The standard InChI is InChI=1S/C24H19ClFN3O3S/c25-19-15-18(26)11-12-20(19)28-24(30)21(14-16-6-2-1-3-7-16)29-33(31,32)22-10-4-8-17-9-5-13-27-23(17)22/h1-13,15,21,29H,14H2,(H,28,30). The molecule has 3 aromatic carbocycles. The van der Waals surface area contributed by atoms with E-state index in [1.165, 1.54) is 18.3 Å². The number of hydrogen-bond acceptors (Lipinski definition) is 4. The van der Waals surface area contributed by atoms with Gasteiger partial charge in [-0.25, -0.2) is 12.8 Å².